The SMILES string of the molecule is Fc1ccc(-c2csc(N3CCC(n4cccn4)CC3)n2)cc1. The van der Waals surface area contributed by atoms with Gasteiger partial charge in [-0.2, -0.15) is 5.10 Å². The second-order valence-corrected chi connectivity index (χ2v) is 6.56. The van der Waals surface area contributed by atoms with Crippen molar-refractivity contribution in [2.45, 2.75) is 18.9 Å². The topological polar surface area (TPSA) is 34.0 Å². The molecule has 0 spiro atoms. The molecule has 0 aliphatic carbocycles. The van der Waals surface area contributed by atoms with Gasteiger partial charge in [0.05, 0.1) is 11.7 Å². The highest BCUT2D eigenvalue weighted by Crippen LogP contribution is 2.31. The quantitative estimate of drug-likeness (QED) is 0.729. The first kappa shape index (κ1) is 14.4. The van der Waals surface area contributed by atoms with Crippen LogP contribution in [0.3, 0.4) is 0 Å². The monoisotopic (exact) mass is 328 g/mol. The fourth-order valence-electron chi connectivity index (χ4n) is 2.98. The number of rotatable bonds is 3. The summed E-state index contributed by atoms with van der Waals surface area (Å²) in [5.74, 6) is -0.218. The lowest BCUT2D eigenvalue weighted by Gasteiger charge is -2.31. The molecule has 0 radical (unpaired) electrons. The molecule has 0 N–H and O–H groups in total. The molecule has 0 bridgehead atoms. The Hall–Kier alpha value is -2.21. The zero-order chi connectivity index (χ0) is 15.6. The molecule has 1 aliphatic rings. The normalized spacial score (nSPS) is 16.0. The van der Waals surface area contributed by atoms with Crippen molar-refractivity contribution in [1.82, 2.24) is 14.8 Å². The van der Waals surface area contributed by atoms with Crippen LogP contribution in [0.2, 0.25) is 0 Å². The van der Waals surface area contributed by atoms with Crippen molar-refractivity contribution in [3.8, 4) is 11.3 Å². The average Bonchev–Trinajstić information content (AvgIpc) is 3.28. The Balaban J connectivity index is 1.45. The minimum Gasteiger partial charge on any atom is -0.348 e. The molecule has 3 heterocycles. The number of anilines is 1. The molecule has 2 aromatic heterocycles. The molecule has 1 aromatic carbocycles. The van der Waals surface area contributed by atoms with E-state index in [0.717, 1.165) is 42.3 Å². The maximum atomic E-state index is 13.0. The first-order chi connectivity index (χ1) is 11.3. The Bertz CT molecular complexity index is 758. The van der Waals surface area contributed by atoms with Crippen LogP contribution in [0.1, 0.15) is 18.9 Å². The minimum absolute atomic E-state index is 0.218. The van der Waals surface area contributed by atoms with Crippen LogP contribution in [0, 0.1) is 5.82 Å². The van der Waals surface area contributed by atoms with Gasteiger partial charge in [-0.25, -0.2) is 9.37 Å². The Morgan fingerprint density at radius 3 is 2.61 bits per heavy atom. The molecule has 0 amide bonds. The number of benzene rings is 1. The van der Waals surface area contributed by atoms with Gasteiger partial charge in [-0.05, 0) is 43.2 Å². The Labute approximate surface area is 138 Å². The molecular weight excluding hydrogens is 311 g/mol. The van der Waals surface area contributed by atoms with Crippen LogP contribution in [-0.2, 0) is 0 Å². The third kappa shape index (κ3) is 2.99. The summed E-state index contributed by atoms with van der Waals surface area (Å²) < 4.78 is 15.1. The van der Waals surface area contributed by atoms with E-state index in [4.69, 9.17) is 4.98 Å². The molecular formula is C17H17FN4S. The number of hydrogen-bond donors (Lipinski definition) is 0. The van der Waals surface area contributed by atoms with E-state index in [2.05, 4.69) is 14.7 Å². The van der Waals surface area contributed by atoms with Crippen LogP contribution in [0.5, 0.6) is 0 Å². The maximum Gasteiger partial charge on any atom is 0.185 e. The lowest BCUT2D eigenvalue weighted by Crippen LogP contribution is -2.34. The van der Waals surface area contributed by atoms with E-state index in [1.54, 1.807) is 23.5 Å². The summed E-state index contributed by atoms with van der Waals surface area (Å²) in [5.41, 5.74) is 1.87. The largest absolute Gasteiger partial charge is 0.348 e. The lowest BCUT2D eigenvalue weighted by molar-refractivity contribution is 0.367. The third-order valence-electron chi connectivity index (χ3n) is 4.27. The summed E-state index contributed by atoms with van der Waals surface area (Å²) in [5, 5.41) is 7.43. The molecule has 0 unspecified atom stereocenters. The highest BCUT2D eigenvalue weighted by atomic mass is 32.1. The predicted octanol–water partition coefficient (Wildman–Crippen LogP) is 3.99. The van der Waals surface area contributed by atoms with Crippen molar-refractivity contribution in [3.05, 3.63) is 53.9 Å². The molecule has 118 valence electrons. The van der Waals surface area contributed by atoms with E-state index in [9.17, 15) is 4.39 Å². The summed E-state index contributed by atoms with van der Waals surface area (Å²) in [7, 11) is 0. The number of halogens is 1. The van der Waals surface area contributed by atoms with E-state index < -0.39 is 0 Å². The second-order valence-electron chi connectivity index (χ2n) is 5.73. The van der Waals surface area contributed by atoms with E-state index in [-0.39, 0.29) is 5.82 Å². The number of hydrogen-bond acceptors (Lipinski definition) is 4. The fraction of sp³-hybridized carbons (Fsp3) is 0.294. The van der Waals surface area contributed by atoms with E-state index in [1.807, 2.05) is 23.8 Å². The first-order valence-corrected chi connectivity index (χ1v) is 8.63. The summed E-state index contributed by atoms with van der Waals surface area (Å²) in [6.07, 6.45) is 6.03. The zero-order valence-corrected chi connectivity index (χ0v) is 13.4. The molecule has 1 saturated heterocycles. The van der Waals surface area contributed by atoms with Crippen LogP contribution in [-0.4, -0.2) is 27.9 Å². The van der Waals surface area contributed by atoms with Crippen molar-refractivity contribution >= 4 is 16.5 Å². The number of thiazole rings is 1. The molecule has 6 heteroatoms. The van der Waals surface area contributed by atoms with Crippen LogP contribution in [0.4, 0.5) is 9.52 Å². The minimum atomic E-state index is -0.218. The molecule has 23 heavy (non-hydrogen) atoms. The van der Waals surface area contributed by atoms with Gasteiger partial charge in [0.2, 0.25) is 0 Å². The molecule has 1 fully saturated rings. The molecule has 3 aromatic rings. The predicted molar refractivity (Wildman–Crippen MR) is 90.2 cm³/mol. The third-order valence-corrected chi connectivity index (χ3v) is 5.17. The Morgan fingerprint density at radius 1 is 1.13 bits per heavy atom. The van der Waals surface area contributed by atoms with Crippen LogP contribution < -0.4 is 4.90 Å². The zero-order valence-electron chi connectivity index (χ0n) is 12.6. The summed E-state index contributed by atoms with van der Waals surface area (Å²) in [4.78, 5) is 7.05. The number of nitrogens with zero attached hydrogens (tertiary/aromatic N) is 4. The van der Waals surface area contributed by atoms with Crippen molar-refractivity contribution in [1.29, 1.82) is 0 Å². The van der Waals surface area contributed by atoms with Gasteiger partial charge in [0.25, 0.3) is 0 Å². The van der Waals surface area contributed by atoms with Gasteiger partial charge in [0, 0.05) is 36.4 Å². The van der Waals surface area contributed by atoms with Crippen molar-refractivity contribution in [2.24, 2.45) is 0 Å². The van der Waals surface area contributed by atoms with E-state index in [0.29, 0.717) is 6.04 Å². The lowest BCUT2D eigenvalue weighted by atomic mass is 10.1. The van der Waals surface area contributed by atoms with Gasteiger partial charge in [0.15, 0.2) is 5.13 Å². The standard InChI is InChI=1S/C17H17FN4S/c18-14-4-2-13(3-5-14)16-12-23-17(20-16)21-10-6-15(7-11-21)22-9-1-8-19-22/h1-5,8-9,12,15H,6-7,10-11H2. The highest BCUT2D eigenvalue weighted by molar-refractivity contribution is 7.14. The molecule has 0 atom stereocenters. The van der Waals surface area contributed by atoms with E-state index >= 15 is 0 Å². The molecule has 4 nitrogen and oxygen atoms in total. The molecule has 1 aliphatic heterocycles. The van der Waals surface area contributed by atoms with Gasteiger partial charge in [-0.1, -0.05) is 0 Å². The summed E-state index contributed by atoms with van der Waals surface area (Å²) >= 11 is 1.65. The highest BCUT2D eigenvalue weighted by Gasteiger charge is 2.22. The van der Waals surface area contributed by atoms with Crippen molar-refractivity contribution in [3.63, 3.8) is 0 Å². The van der Waals surface area contributed by atoms with E-state index in [1.165, 1.54) is 12.1 Å². The average molecular weight is 328 g/mol. The Morgan fingerprint density at radius 2 is 1.91 bits per heavy atom. The van der Waals surface area contributed by atoms with Gasteiger partial charge in [-0.3, -0.25) is 4.68 Å². The Kier molecular flexibility index (Phi) is 3.83. The molecule has 4 rings (SSSR count). The van der Waals surface area contributed by atoms with Gasteiger partial charge in [0.1, 0.15) is 5.82 Å². The number of piperidine rings is 1. The van der Waals surface area contributed by atoms with Crippen LogP contribution >= 0.6 is 11.3 Å². The summed E-state index contributed by atoms with van der Waals surface area (Å²) in [6, 6.07) is 8.96. The van der Waals surface area contributed by atoms with Crippen LogP contribution in [0.15, 0.2) is 48.1 Å². The van der Waals surface area contributed by atoms with Crippen molar-refractivity contribution in [2.75, 3.05) is 18.0 Å². The van der Waals surface area contributed by atoms with Crippen LogP contribution in [0.25, 0.3) is 11.3 Å². The smallest absolute Gasteiger partial charge is 0.185 e. The van der Waals surface area contributed by atoms with Gasteiger partial charge in [-0.15, -0.1) is 11.3 Å². The van der Waals surface area contributed by atoms with Gasteiger partial charge >= 0.3 is 0 Å². The second kappa shape index (κ2) is 6.12. The van der Waals surface area contributed by atoms with Gasteiger partial charge < -0.3 is 4.90 Å². The number of aromatic nitrogens is 3. The fourth-order valence-corrected chi connectivity index (χ4v) is 3.87. The maximum absolute atomic E-state index is 13.0. The molecule has 0 saturated carbocycles. The van der Waals surface area contributed by atoms with Crippen molar-refractivity contribution < 1.29 is 4.39 Å². The summed E-state index contributed by atoms with van der Waals surface area (Å²) in [6.45, 7) is 1.97. The first-order valence-electron chi connectivity index (χ1n) is 7.75.